The fraction of sp³-hybridized carbons (Fsp3) is 0.188. The Labute approximate surface area is 159 Å². The SMILES string of the molecule is C[C@@H](C(=O)Nc1ccc(Cl)c(Cl)c1)N(c1ccc(F)c(F)c1)S(C)(=O)=O. The van der Waals surface area contributed by atoms with Crippen LogP contribution in [0.15, 0.2) is 36.4 Å². The summed E-state index contributed by atoms with van der Waals surface area (Å²) < 4.78 is 51.6. The van der Waals surface area contributed by atoms with E-state index in [0.717, 1.165) is 18.4 Å². The van der Waals surface area contributed by atoms with Crippen LogP contribution in [-0.4, -0.2) is 26.6 Å². The molecule has 1 amide bonds. The van der Waals surface area contributed by atoms with E-state index < -0.39 is 33.6 Å². The number of rotatable bonds is 5. The topological polar surface area (TPSA) is 66.5 Å². The van der Waals surface area contributed by atoms with Gasteiger partial charge in [0, 0.05) is 11.8 Å². The highest BCUT2D eigenvalue weighted by Crippen LogP contribution is 2.26. The number of anilines is 2. The number of hydrogen-bond acceptors (Lipinski definition) is 3. The summed E-state index contributed by atoms with van der Waals surface area (Å²) in [6, 6.07) is 5.67. The first-order valence-corrected chi connectivity index (χ1v) is 9.81. The van der Waals surface area contributed by atoms with Crippen molar-refractivity contribution in [1.82, 2.24) is 0 Å². The van der Waals surface area contributed by atoms with Crippen molar-refractivity contribution >= 4 is 50.5 Å². The number of nitrogens with zero attached hydrogens (tertiary/aromatic N) is 1. The molecule has 0 fully saturated rings. The maximum Gasteiger partial charge on any atom is 0.247 e. The average molecular weight is 423 g/mol. The number of sulfonamides is 1. The lowest BCUT2D eigenvalue weighted by atomic mass is 10.2. The first kappa shape index (κ1) is 20.4. The molecule has 5 nitrogen and oxygen atoms in total. The van der Waals surface area contributed by atoms with Gasteiger partial charge in [0.05, 0.1) is 22.0 Å². The second kappa shape index (κ2) is 7.77. The summed E-state index contributed by atoms with van der Waals surface area (Å²) in [5, 5.41) is 3.00. The lowest BCUT2D eigenvalue weighted by molar-refractivity contribution is -0.116. The molecule has 1 N–H and O–H groups in total. The predicted octanol–water partition coefficient (Wildman–Crippen LogP) is 4.06. The van der Waals surface area contributed by atoms with E-state index in [0.29, 0.717) is 16.1 Å². The van der Waals surface area contributed by atoms with Gasteiger partial charge < -0.3 is 5.32 Å². The van der Waals surface area contributed by atoms with Crippen LogP contribution in [0.2, 0.25) is 10.0 Å². The Morgan fingerprint density at radius 3 is 2.27 bits per heavy atom. The summed E-state index contributed by atoms with van der Waals surface area (Å²) >= 11 is 11.7. The lowest BCUT2D eigenvalue weighted by Crippen LogP contribution is -2.45. The van der Waals surface area contributed by atoms with Crippen molar-refractivity contribution in [3.8, 4) is 0 Å². The second-order valence-electron chi connectivity index (χ2n) is 5.45. The van der Waals surface area contributed by atoms with Crippen LogP contribution in [-0.2, 0) is 14.8 Å². The van der Waals surface area contributed by atoms with Crippen LogP contribution >= 0.6 is 23.2 Å². The van der Waals surface area contributed by atoms with Crippen molar-refractivity contribution < 1.29 is 22.0 Å². The summed E-state index contributed by atoms with van der Waals surface area (Å²) in [7, 11) is -3.96. The van der Waals surface area contributed by atoms with Crippen molar-refractivity contribution in [3.05, 3.63) is 58.1 Å². The molecular weight excluding hydrogens is 409 g/mol. The van der Waals surface area contributed by atoms with Gasteiger partial charge in [-0.3, -0.25) is 9.10 Å². The molecule has 2 rings (SSSR count). The minimum absolute atomic E-state index is 0.178. The van der Waals surface area contributed by atoms with Gasteiger partial charge in [0.15, 0.2) is 11.6 Å². The smallest absolute Gasteiger partial charge is 0.247 e. The van der Waals surface area contributed by atoms with Gasteiger partial charge >= 0.3 is 0 Å². The molecule has 0 radical (unpaired) electrons. The third-order valence-electron chi connectivity index (χ3n) is 3.43. The van der Waals surface area contributed by atoms with Crippen LogP contribution in [0.4, 0.5) is 20.2 Å². The summed E-state index contributed by atoms with van der Waals surface area (Å²) in [6.45, 7) is 1.31. The molecule has 26 heavy (non-hydrogen) atoms. The quantitative estimate of drug-likeness (QED) is 0.789. The molecule has 0 unspecified atom stereocenters. The van der Waals surface area contributed by atoms with Crippen molar-refractivity contribution in [2.24, 2.45) is 0 Å². The van der Waals surface area contributed by atoms with Crippen LogP contribution in [0.25, 0.3) is 0 Å². The van der Waals surface area contributed by atoms with Crippen molar-refractivity contribution in [3.63, 3.8) is 0 Å². The zero-order valence-electron chi connectivity index (χ0n) is 13.6. The normalized spacial score (nSPS) is 12.5. The molecule has 0 heterocycles. The molecule has 1 atom stereocenters. The van der Waals surface area contributed by atoms with Gasteiger partial charge in [-0.1, -0.05) is 23.2 Å². The van der Waals surface area contributed by atoms with Crippen LogP contribution in [0.3, 0.4) is 0 Å². The molecule has 0 aliphatic heterocycles. The van der Waals surface area contributed by atoms with Gasteiger partial charge in [0.2, 0.25) is 15.9 Å². The number of benzene rings is 2. The van der Waals surface area contributed by atoms with Crippen LogP contribution in [0.5, 0.6) is 0 Å². The number of nitrogens with one attached hydrogen (secondary N) is 1. The van der Waals surface area contributed by atoms with Crippen LogP contribution in [0, 0.1) is 11.6 Å². The van der Waals surface area contributed by atoms with E-state index in [-0.39, 0.29) is 15.7 Å². The molecule has 10 heteroatoms. The Kier molecular flexibility index (Phi) is 6.10. The van der Waals surface area contributed by atoms with E-state index in [1.165, 1.54) is 25.1 Å². The molecule has 2 aromatic carbocycles. The standard InChI is InChI=1S/C16H14Cl2F2N2O3S/c1-9(16(23)21-10-3-5-12(17)13(18)7-10)22(26(2,24)25)11-4-6-14(19)15(20)8-11/h3-9H,1-2H3,(H,21,23)/t9-/m0/s1. The van der Waals surface area contributed by atoms with E-state index in [4.69, 9.17) is 23.2 Å². The number of halogens is 4. The van der Waals surface area contributed by atoms with Crippen molar-refractivity contribution in [2.45, 2.75) is 13.0 Å². The fourth-order valence-corrected chi connectivity index (χ4v) is 3.72. The molecule has 0 aromatic heterocycles. The molecule has 2 aromatic rings. The molecule has 0 aliphatic rings. The van der Waals surface area contributed by atoms with Gasteiger partial charge in [-0.2, -0.15) is 0 Å². The third-order valence-corrected chi connectivity index (χ3v) is 5.41. The van der Waals surface area contributed by atoms with Crippen LogP contribution < -0.4 is 9.62 Å². The number of hydrogen-bond donors (Lipinski definition) is 1. The molecule has 0 saturated heterocycles. The van der Waals surface area contributed by atoms with E-state index >= 15 is 0 Å². The Bertz CT molecular complexity index is 955. The first-order valence-electron chi connectivity index (χ1n) is 7.21. The zero-order chi connectivity index (χ0) is 19.6. The highest BCUT2D eigenvalue weighted by Gasteiger charge is 2.30. The second-order valence-corrected chi connectivity index (χ2v) is 8.13. The maximum absolute atomic E-state index is 13.5. The summed E-state index contributed by atoms with van der Waals surface area (Å²) in [5.74, 6) is -3.05. The first-order chi connectivity index (χ1) is 12.0. The van der Waals surface area contributed by atoms with Crippen molar-refractivity contribution in [1.29, 1.82) is 0 Å². The van der Waals surface area contributed by atoms with Gasteiger partial charge in [0.1, 0.15) is 6.04 Å². The molecule has 0 spiro atoms. The summed E-state index contributed by atoms with van der Waals surface area (Å²) in [5.41, 5.74) is 0.123. The Morgan fingerprint density at radius 1 is 1.08 bits per heavy atom. The number of carbonyl (C=O) groups excluding carboxylic acids is 1. The van der Waals surface area contributed by atoms with Gasteiger partial charge in [-0.25, -0.2) is 17.2 Å². The molecule has 0 aliphatic carbocycles. The minimum atomic E-state index is -3.96. The summed E-state index contributed by atoms with van der Waals surface area (Å²) in [4.78, 5) is 12.5. The molecule has 140 valence electrons. The Morgan fingerprint density at radius 2 is 1.73 bits per heavy atom. The Balaban J connectivity index is 2.34. The monoisotopic (exact) mass is 422 g/mol. The maximum atomic E-state index is 13.5. The fourth-order valence-electron chi connectivity index (χ4n) is 2.25. The van der Waals surface area contributed by atoms with Gasteiger partial charge in [-0.15, -0.1) is 0 Å². The van der Waals surface area contributed by atoms with Gasteiger partial charge in [-0.05, 0) is 37.3 Å². The lowest BCUT2D eigenvalue weighted by Gasteiger charge is -2.28. The molecule has 0 bridgehead atoms. The zero-order valence-corrected chi connectivity index (χ0v) is 16.0. The average Bonchev–Trinajstić information content (AvgIpc) is 2.53. The van der Waals surface area contributed by atoms with E-state index in [9.17, 15) is 22.0 Å². The minimum Gasteiger partial charge on any atom is -0.324 e. The highest BCUT2D eigenvalue weighted by molar-refractivity contribution is 7.92. The highest BCUT2D eigenvalue weighted by atomic mass is 35.5. The number of carbonyl (C=O) groups is 1. The van der Waals surface area contributed by atoms with E-state index in [2.05, 4.69) is 5.32 Å². The number of amides is 1. The Hall–Kier alpha value is -1.90. The van der Waals surface area contributed by atoms with E-state index in [1.807, 2.05) is 0 Å². The van der Waals surface area contributed by atoms with Crippen LogP contribution in [0.1, 0.15) is 6.92 Å². The summed E-state index contributed by atoms with van der Waals surface area (Å²) in [6.07, 6.45) is 0.858. The van der Waals surface area contributed by atoms with Crippen molar-refractivity contribution in [2.75, 3.05) is 15.9 Å². The van der Waals surface area contributed by atoms with Gasteiger partial charge in [0.25, 0.3) is 0 Å². The third kappa shape index (κ3) is 4.63. The molecule has 0 saturated carbocycles. The molecular formula is C16H14Cl2F2N2O3S. The largest absolute Gasteiger partial charge is 0.324 e. The van der Waals surface area contributed by atoms with E-state index in [1.54, 1.807) is 0 Å². The predicted molar refractivity (Wildman–Crippen MR) is 98.2 cm³/mol.